The van der Waals surface area contributed by atoms with Gasteiger partial charge >= 0.3 is 0 Å². The first kappa shape index (κ1) is 17.6. The molecular weight excluding hydrogens is 290 g/mol. The molecule has 0 spiro atoms. The average Bonchev–Trinajstić information content (AvgIpc) is 2.37. The molecule has 1 amide bonds. The van der Waals surface area contributed by atoms with Gasteiger partial charge in [0.2, 0.25) is 15.9 Å². The molecule has 5 N–H and O–H groups in total. The van der Waals surface area contributed by atoms with Crippen LogP contribution in [0, 0.1) is 0 Å². The highest BCUT2D eigenvalue weighted by molar-refractivity contribution is 7.89. The van der Waals surface area contributed by atoms with Crippen LogP contribution in [0.1, 0.15) is 45.2 Å². The van der Waals surface area contributed by atoms with E-state index in [1.165, 1.54) is 12.1 Å². The molecule has 0 radical (unpaired) electrons. The Kier molecular flexibility index (Phi) is 5.49. The standard InChI is InChI=1S/C14H23N3O3S/c1-4-9-14(3,15)13(18)17-10(2)11-5-7-12(8-6-11)21(16,19)20/h5-8,10H,4,9,15H2,1-3H3,(H,17,18)(H2,16,19,20). The van der Waals surface area contributed by atoms with Crippen molar-refractivity contribution in [3.8, 4) is 0 Å². The van der Waals surface area contributed by atoms with Gasteiger partial charge in [-0.3, -0.25) is 4.79 Å². The highest BCUT2D eigenvalue weighted by Crippen LogP contribution is 2.17. The van der Waals surface area contributed by atoms with Crippen LogP contribution in [0.15, 0.2) is 29.2 Å². The van der Waals surface area contributed by atoms with E-state index in [-0.39, 0.29) is 16.8 Å². The number of hydrogen-bond donors (Lipinski definition) is 3. The van der Waals surface area contributed by atoms with Gasteiger partial charge in [0, 0.05) is 0 Å². The van der Waals surface area contributed by atoms with E-state index in [2.05, 4.69) is 5.32 Å². The number of nitrogens with two attached hydrogens (primary N) is 2. The molecule has 1 aromatic carbocycles. The van der Waals surface area contributed by atoms with E-state index in [9.17, 15) is 13.2 Å². The van der Waals surface area contributed by atoms with Crippen LogP contribution in [-0.2, 0) is 14.8 Å². The van der Waals surface area contributed by atoms with Crippen molar-refractivity contribution in [3.05, 3.63) is 29.8 Å². The smallest absolute Gasteiger partial charge is 0.240 e. The number of primary sulfonamides is 1. The van der Waals surface area contributed by atoms with E-state index < -0.39 is 15.6 Å². The SMILES string of the molecule is CCCC(C)(N)C(=O)NC(C)c1ccc(S(N)(=O)=O)cc1. The molecule has 0 fully saturated rings. The van der Waals surface area contributed by atoms with Crippen LogP contribution in [0.2, 0.25) is 0 Å². The molecule has 2 unspecified atom stereocenters. The molecule has 0 aliphatic heterocycles. The molecule has 2 atom stereocenters. The molecule has 0 saturated carbocycles. The first-order valence-electron chi connectivity index (χ1n) is 6.80. The molecule has 7 heteroatoms. The third-order valence-corrected chi connectivity index (χ3v) is 4.27. The Balaban J connectivity index is 2.81. The van der Waals surface area contributed by atoms with Crippen molar-refractivity contribution < 1.29 is 13.2 Å². The lowest BCUT2D eigenvalue weighted by molar-refractivity contribution is -0.126. The molecule has 0 saturated heterocycles. The average molecular weight is 313 g/mol. The van der Waals surface area contributed by atoms with Gasteiger partial charge in [0.1, 0.15) is 0 Å². The van der Waals surface area contributed by atoms with Crippen LogP contribution >= 0.6 is 0 Å². The Hall–Kier alpha value is -1.44. The number of carbonyl (C=O) groups is 1. The van der Waals surface area contributed by atoms with Gasteiger partial charge in [0.05, 0.1) is 16.5 Å². The fraction of sp³-hybridized carbons (Fsp3) is 0.500. The Morgan fingerprint density at radius 2 is 1.86 bits per heavy atom. The van der Waals surface area contributed by atoms with E-state index in [1.807, 2.05) is 13.8 Å². The monoisotopic (exact) mass is 313 g/mol. The van der Waals surface area contributed by atoms with Crippen LogP contribution in [0.4, 0.5) is 0 Å². The van der Waals surface area contributed by atoms with Gasteiger partial charge in [-0.05, 0) is 38.0 Å². The lowest BCUT2D eigenvalue weighted by atomic mass is 9.95. The quantitative estimate of drug-likeness (QED) is 0.727. The number of sulfonamides is 1. The molecule has 1 aromatic rings. The van der Waals surface area contributed by atoms with Crippen LogP contribution in [0.25, 0.3) is 0 Å². The number of benzene rings is 1. The van der Waals surface area contributed by atoms with E-state index in [0.717, 1.165) is 12.0 Å². The van der Waals surface area contributed by atoms with Crippen molar-refractivity contribution in [2.75, 3.05) is 0 Å². The summed E-state index contributed by atoms with van der Waals surface area (Å²) in [5.74, 6) is -0.229. The maximum absolute atomic E-state index is 12.1. The van der Waals surface area contributed by atoms with Gasteiger partial charge in [0.15, 0.2) is 0 Å². The zero-order valence-electron chi connectivity index (χ0n) is 12.6. The second kappa shape index (κ2) is 6.55. The van der Waals surface area contributed by atoms with Crippen molar-refractivity contribution in [1.82, 2.24) is 5.32 Å². The summed E-state index contributed by atoms with van der Waals surface area (Å²) in [6, 6.07) is 5.81. The van der Waals surface area contributed by atoms with Crippen LogP contribution in [-0.4, -0.2) is 19.9 Å². The van der Waals surface area contributed by atoms with E-state index in [1.54, 1.807) is 19.1 Å². The zero-order valence-corrected chi connectivity index (χ0v) is 13.4. The normalized spacial score (nSPS) is 16.0. The minimum atomic E-state index is -3.71. The van der Waals surface area contributed by atoms with Crippen molar-refractivity contribution in [2.24, 2.45) is 10.9 Å². The summed E-state index contributed by atoms with van der Waals surface area (Å²) >= 11 is 0. The molecule has 0 aliphatic carbocycles. The molecule has 1 rings (SSSR count). The molecule has 6 nitrogen and oxygen atoms in total. The first-order valence-corrected chi connectivity index (χ1v) is 8.35. The summed E-state index contributed by atoms with van der Waals surface area (Å²) in [6.45, 7) is 5.47. The van der Waals surface area contributed by atoms with Crippen molar-refractivity contribution in [3.63, 3.8) is 0 Å². The number of carbonyl (C=O) groups excluding carboxylic acids is 1. The van der Waals surface area contributed by atoms with Crippen LogP contribution in [0.5, 0.6) is 0 Å². The topological polar surface area (TPSA) is 115 Å². The van der Waals surface area contributed by atoms with Crippen LogP contribution < -0.4 is 16.2 Å². The second-order valence-corrected chi connectivity index (χ2v) is 7.04. The zero-order chi connectivity index (χ0) is 16.3. The van der Waals surface area contributed by atoms with E-state index >= 15 is 0 Å². The van der Waals surface area contributed by atoms with Crippen molar-refractivity contribution in [1.29, 1.82) is 0 Å². The van der Waals surface area contributed by atoms with Gasteiger partial charge in [-0.1, -0.05) is 25.5 Å². The van der Waals surface area contributed by atoms with Crippen LogP contribution in [0.3, 0.4) is 0 Å². The van der Waals surface area contributed by atoms with Gasteiger partial charge in [-0.2, -0.15) is 0 Å². The minimum absolute atomic E-state index is 0.0411. The summed E-state index contributed by atoms with van der Waals surface area (Å²) in [4.78, 5) is 12.2. The minimum Gasteiger partial charge on any atom is -0.348 e. The second-order valence-electron chi connectivity index (χ2n) is 5.48. The molecule has 118 valence electrons. The third kappa shape index (κ3) is 4.80. The molecule has 0 bridgehead atoms. The van der Waals surface area contributed by atoms with Gasteiger partial charge in [-0.15, -0.1) is 0 Å². The molecule has 0 aromatic heterocycles. The molecule has 21 heavy (non-hydrogen) atoms. The van der Waals surface area contributed by atoms with Gasteiger partial charge < -0.3 is 11.1 Å². The summed E-state index contributed by atoms with van der Waals surface area (Å²) in [7, 11) is -3.71. The summed E-state index contributed by atoms with van der Waals surface area (Å²) in [5.41, 5.74) is 5.84. The maximum atomic E-state index is 12.1. The lowest BCUT2D eigenvalue weighted by Gasteiger charge is -2.25. The molecular formula is C14H23N3O3S. The fourth-order valence-corrected chi connectivity index (χ4v) is 2.54. The van der Waals surface area contributed by atoms with E-state index in [4.69, 9.17) is 10.9 Å². The highest BCUT2D eigenvalue weighted by atomic mass is 32.2. The maximum Gasteiger partial charge on any atom is 0.240 e. The summed E-state index contributed by atoms with van der Waals surface area (Å²) in [5, 5.41) is 7.87. The Morgan fingerprint density at radius 3 is 2.29 bits per heavy atom. The number of hydrogen-bond acceptors (Lipinski definition) is 4. The predicted molar refractivity (Wildman–Crippen MR) is 81.9 cm³/mol. The molecule has 0 heterocycles. The lowest BCUT2D eigenvalue weighted by Crippen LogP contribution is -2.52. The van der Waals surface area contributed by atoms with Crippen molar-refractivity contribution >= 4 is 15.9 Å². The first-order chi connectivity index (χ1) is 9.58. The Labute approximate surface area is 126 Å². The Bertz CT molecular complexity index is 594. The largest absolute Gasteiger partial charge is 0.348 e. The van der Waals surface area contributed by atoms with Crippen molar-refractivity contribution in [2.45, 2.75) is 50.1 Å². The van der Waals surface area contributed by atoms with Gasteiger partial charge in [0.25, 0.3) is 0 Å². The fourth-order valence-electron chi connectivity index (χ4n) is 2.02. The van der Waals surface area contributed by atoms with Gasteiger partial charge in [-0.25, -0.2) is 13.6 Å². The predicted octanol–water partition coefficient (Wildman–Crippen LogP) is 1.03. The number of amides is 1. The number of nitrogens with one attached hydrogen (secondary N) is 1. The summed E-state index contributed by atoms with van der Waals surface area (Å²) < 4.78 is 22.4. The summed E-state index contributed by atoms with van der Waals surface area (Å²) in [6.07, 6.45) is 1.41. The van der Waals surface area contributed by atoms with E-state index in [0.29, 0.717) is 6.42 Å². The number of rotatable bonds is 6. The molecule has 0 aliphatic rings. The third-order valence-electron chi connectivity index (χ3n) is 3.34. The highest BCUT2D eigenvalue weighted by Gasteiger charge is 2.28. The Morgan fingerprint density at radius 1 is 1.33 bits per heavy atom.